The lowest BCUT2D eigenvalue weighted by molar-refractivity contribution is 0.107. The topological polar surface area (TPSA) is 29.5 Å². The summed E-state index contributed by atoms with van der Waals surface area (Å²) < 4.78 is 5.69. The summed E-state index contributed by atoms with van der Waals surface area (Å²) in [5.41, 5.74) is 5.03. The van der Waals surface area contributed by atoms with Gasteiger partial charge in [-0.25, -0.2) is 4.79 Å². The van der Waals surface area contributed by atoms with E-state index < -0.39 is 0 Å². The highest BCUT2D eigenvalue weighted by Gasteiger charge is 2.31. The molecule has 1 fully saturated rings. The van der Waals surface area contributed by atoms with E-state index in [1.165, 1.54) is 22.3 Å². The number of rotatable bonds is 3. The highest BCUT2D eigenvalue weighted by Crippen LogP contribution is 2.44. The van der Waals surface area contributed by atoms with Crippen LogP contribution in [-0.4, -0.2) is 36.0 Å². The first-order valence-electron chi connectivity index (χ1n) is 8.44. The Kier molecular flexibility index (Phi) is 4.31. The van der Waals surface area contributed by atoms with E-state index in [1.54, 1.807) is 0 Å². The van der Waals surface area contributed by atoms with Gasteiger partial charge in [0, 0.05) is 24.3 Å². The van der Waals surface area contributed by atoms with E-state index in [0.717, 1.165) is 24.8 Å². The first kappa shape index (κ1) is 15.7. The molecule has 1 aliphatic heterocycles. The molecule has 0 saturated carbocycles. The van der Waals surface area contributed by atoms with Crippen LogP contribution in [0.4, 0.5) is 4.79 Å². The molecule has 0 radical (unpaired) electrons. The molecular formula is C20H20BrNO2. The van der Waals surface area contributed by atoms with Crippen LogP contribution in [0.15, 0.2) is 48.5 Å². The molecule has 0 spiro atoms. The summed E-state index contributed by atoms with van der Waals surface area (Å²) in [5, 5.41) is 0.945. The highest BCUT2D eigenvalue weighted by atomic mass is 79.9. The number of hydrogen-bond acceptors (Lipinski definition) is 2. The second kappa shape index (κ2) is 6.60. The molecule has 4 heteroatoms. The molecule has 1 unspecified atom stereocenters. The molecule has 2 aromatic carbocycles. The van der Waals surface area contributed by atoms with E-state index in [9.17, 15) is 4.79 Å². The summed E-state index contributed by atoms with van der Waals surface area (Å²) in [7, 11) is 0. The van der Waals surface area contributed by atoms with Crippen molar-refractivity contribution in [3.63, 3.8) is 0 Å². The molecule has 1 heterocycles. The van der Waals surface area contributed by atoms with Gasteiger partial charge >= 0.3 is 6.09 Å². The predicted octanol–water partition coefficient (Wildman–Crippen LogP) is 4.65. The molecule has 1 aliphatic carbocycles. The van der Waals surface area contributed by atoms with Crippen LogP contribution in [0.1, 0.15) is 23.5 Å². The minimum absolute atomic E-state index is 0.135. The number of halogens is 1. The van der Waals surface area contributed by atoms with Gasteiger partial charge in [0.25, 0.3) is 0 Å². The fourth-order valence-electron chi connectivity index (χ4n) is 3.81. The quantitative estimate of drug-likeness (QED) is 0.719. The maximum absolute atomic E-state index is 12.4. The van der Waals surface area contributed by atoms with E-state index in [1.807, 2.05) is 4.90 Å². The van der Waals surface area contributed by atoms with Gasteiger partial charge in [0.15, 0.2) is 0 Å². The maximum Gasteiger partial charge on any atom is 0.409 e. The molecule has 0 N–H and O–H groups in total. The van der Waals surface area contributed by atoms with Crippen molar-refractivity contribution in [2.24, 2.45) is 5.92 Å². The Hall–Kier alpha value is -1.81. The number of carbonyl (C=O) groups excluding carboxylic acids is 1. The largest absolute Gasteiger partial charge is 0.448 e. The number of amides is 1. The van der Waals surface area contributed by atoms with Crippen molar-refractivity contribution >= 4 is 22.0 Å². The average molecular weight is 386 g/mol. The Labute approximate surface area is 150 Å². The van der Waals surface area contributed by atoms with Crippen LogP contribution < -0.4 is 0 Å². The molecule has 124 valence electrons. The first-order valence-corrected chi connectivity index (χ1v) is 9.56. The Bertz CT molecular complexity index is 715. The molecule has 1 atom stereocenters. The van der Waals surface area contributed by atoms with Crippen LogP contribution in [-0.2, 0) is 4.74 Å². The summed E-state index contributed by atoms with van der Waals surface area (Å²) in [5.74, 6) is 0.682. The molecule has 1 amide bonds. The van der Waals surface area contributed by atoms with Gasteiger partial charge in [-0.1, -0.05) is 64.5 Å². The molecule has 2 aliphatic rings. The zero-order chi connectivity index (χ0) is 16.5. The number of benzene rings is 2. The molecular weight excluding hydrogens is 366 g/mol. The van der Waals surface area contributed by atoms with Crippen molar-refractivity contribution in [1.82, 2.24) is 4.90 Å². The highest BCUT2D eigenvalue weighted by molar-refractivity contribution is 9.09. The van der Waals surface area contributed by atoms with Crippen molar-refractivity contribution in [2.75, 3.05) is 25.0 Å². The van der Waals surface area contributed by atoms with Crippen LogP contribution in [0, 0.1) is 5.92 Å². The lowest BCUT2D eigenvalue weighted by atomic mass is 9.98. The van der Waals surface area contributed by atoms with Gasteiger partial charge in [0.2, 0.25) is 0 Å². The molecule has 2 aromatic rings. The van der Waals surface area contributed by atoms with E-state index in [-0.39, 0.29) is 12.0 Å². The van der Waals surface area contributed by atoms with E-state index in [0.29, 0.717) is 12.5 Å². The van der Waals surface area contributed by atoms with Crippen molar-refractivity contribution < 1.29 is 9.53 Å². The Morgan fingerprint density at radius 2 is 1.71 bits per heavy atom. The van der Waals surface area contributed by atoms with Crippen molar-refractivity contribution in [1.29, 1.82) is 0 Å². The molecule has 0 aromatic heterocycles. The normalized spacial score (nSPS) is 19.2. The third-order valence-electron chi connectivity index (χ3n) is 5.10. The number of hydrogen-bond donors (Lipinski definition) is 0. The lowest BCUT2D eigenvalue weighted by Gasteiger charge is -2.19. The average Bonchev–Trinajstić information content (AvgIpc) is 3.23. The van der Waals surface area contributed by atoms with Gasteiger partial charge in [-0.3, -0.25) is 0 Å². The van der Waals surface area contributed by atoms with Gasteiger partial charge in [-0.05, 0) is 34.6 Å². The summed E-state index contributed by atoms with van der Waals surface area (Å²) >= 11 is 3.50. The number of carbonyl (C=O) groups is 1. The van der Waals surface area contributed by atoms with Crippen LogP contribution in [0.2, 0.25) is 0 Å². The van der Waals surface area contributed by atoms with Crippen LogP contribution >= 0.6 is 15.9 Å². The van der Waals surface area contributed by atoms with Gasteiger partial charge < -0.3 is 9.64 Å². The Balaban J connectivity index is 1.50. The van der Waals surface area contributed by atoms with Crippen LogP contribution in [0.5, 0.6) is 0 Å². The van der Waals surface area contributed by atoms with Gasteiger partial charge in [0.05, 0.1) is 0 Å². The van der Waals surface area contributed by atoms with E-state index in [2.05, 4.69) is 64.5 Å². The fraction of sp³-hybridized carbons (Fsp3) is 0.350. The van der Waals surface area contributed by atoms with Gasteiger partial charge in [0.1, 0.15) is 6.61 Å². The molecule has 1 saturated heterocycles. The predicted molar refractivity (Wildman–Crippen MR) is 98.5 cm³/mol. The number of fused-ring (bicyclic) bond motifs is 3. The molecule has 3 nitrogen and oxygen atoms in total. The first-order chi connectivity index (χ1) is 11.8. The zero-order valence-corrected chi connectivity index (χ0v) is 15.0. The summed E-state index contributed by atoms with van der Waals surface area (Å²) in [6, 6.07) is 16.8. The second-order valence-electron chi connectivity index (χ2n) is 6.56. The number of alkyl halides is 1. The number of likely N-dealkylation sites (tertiary alicyclic amines) is 1. The molecule has 0 bridgehead atoms. The van der Waals surface area contributed by atoms with Crippen molar-refractivity contribution in [3.05, 3.63) is 59.7 Å². The summed E-state index contributed by atoms with van der Waals surface area (Å²) in [6.07, 6.45) is 0.871. The van der Waals surface area contributed by atoms with Crippen molar-refractivity contribution in [2.45, 2.75) is 12.3 Å². The van der Waals surface area contributed by atoms with E-state index in [4.69, 9.17) is 4.74 Å². The monoisotopic (exact) mass is 385 g/mol. The number of ether oxygens (including phenoxy) is 1. The Morgan fingerprint density at radius 1 is 1.08 bits per heavy atom. The molecule has 24 heavy (non-hydrogen) atoms. The van der Waals surface area contributed by atoms with Gasteiger partial charge in [-0.15, -0.1) is 0 Å². The minimum Gasteiger partial charge on any atom is -0.448 e. The minimum atomic E-state index is -0.180. The standard InChI is InChI=1S/C20H20BrNO2/c21-11-14-9-10-22(12-14)20(23)24-13-19-17-7-3-1-5-15(17)16-6-2-4-8-18(16)19/h1-8,14,19H,9-13H2. The number of nitrogens with zero attached hydrogens (tertiary/aromatic N) is 1. The smallest absolute Gasteiger partial charge is 0.409 e. The second-order valence-corrected chi connectivity index (χ2v) is 7.21. The van der Waals surface area contributed by atoms with E-state index >= 15 is 0 Å². The third kappa shape index (κ3) is 2.73. The third-order valence-corrected chi connectivity index (χ3v) is 6.01. The van der Waals surface area contributed by atoms with Crippen LogP contribution in [0.25, 0.3) is 11.1 Å². The Morgan fingerprint density at radius 3 is 2.29 bits per heavy atom. The summed E-state index contributed by atoms with van der Waals surface area (Å²) in [4.78, 5) is 14.2. The van der Waals surface area contributed by atoms with Crippen molar-refractivity contribution in [3.8, 4) is 11.1 Å². The van der Waals surface area contributed by atoms with Crippen LogP contribution in [0.3, 0.4) is 0 Å². The van der Waals surface area contributed by atoms with Gasteiger partial charge in [-0.2, -0.15) is 0 Å². The fourth-order valence-corrected chi connectivity index (χ4v) is 4.34. The lowest BCUT2D eigenvalue weighted by Crippen LogP contribution is -2.30. The zero-order valence-electron chi connectivity index (χ0n) is 13.5. The SMILES string of the molecule is O=C(OCC1c2ccccc2-c2ccccc21)N1CCC(CBr)C1. The molecule has 4 rings (SSSR count). The maximum atomic E-state index is 12.4. The summed E-state index contributed by atoms with van der Waals surface area (Å²) in [6.45, 7) is 2.00.